The van der Waals surface area contributed by atoms with Gasteiger partial charge < -0.3 is 15.5 Å². The molecule has 0 spiro atoms. The molecule has 1 aromatic rings. The van der Waals surface area contributed by atoms with Crippen molar-refractivity contribution in [3.63, 3.8) is 0 Å². The average molecular weight is 289 g/mol. The van der Waals surface area contributed by atoms with Crippen LogP contribution in [0.3, 0.4) is 0 Å². The molecule has 2 saturated heterocycles. The molecule has 2 aliphatic heterocycles. The van der Waals surface area contributed by atoms with Gasteiger partial charge in [0.05, 0.1) is 0 Å². The molecule has 0 aromatic carbocycles. The minimum atomic E-state index is 0.594. The van der Waals surface area contributed by atoms with Crippen molar-refractivity contribution < 1.29 is 0 Å². The lowest BCUT2D eigenvalue weighted by molar-refractivity contribution is 0.249. The number of likely N-dealkylation sites (tertiary alicyclic amines) is 1. The second kappa shape index (κ2) is 6.60. The van der Waals surface area contributed by atoms with Gasteiger partial charge in [-0.05, 0) is 44.7 Å². The Hall–Kier alpha value is -1.36. The summed E-state index contributed by atoms with van der Waals surface area (Å²) < 4.78 is 0. The lowest BCUT2D eigenvalue weighted by Crippen LogP contribution is -2.38. The largest absolute Gasteiger partial charge is 0.384 e. The van der Waals surface area contributed by atoms with Crippen molar-refractivity contribution in [3.05, 3.63) is 11.9 Å². The van der Waals surface area contributed by atoms with E-state index in [-0.39, 0.29) is 0 Å². The molecule has 3 heterocycles. The SMILES string of the molecule is CCc1nc(N)cc(N2CCC(CN3CCCC3)CC2)n1. The molecule has 1 aromatic heterocycles. The molecule has 2 N–H and O–H groups in total. The van der Waals surface area contributed by atoms with Gasteiger partial charge in [-0.25, -0.2) is 9.97 Å². The molecule has 0 unspecified atom stereocenters. The van der Waals surface area contributed by atoms with Crippen LogP contribution >= 0.6 is 0 Å². The van der Waals surface area contributed by atoms with Crippen LogP contribution in [-0.2, 0) is 6.42 Å². The van der Waals surface area contributed by atoms with Gasteiger partial charge in [-0.3, -0.25) is 0 Å². The van der Waals surface area contributed by atoms with E-state index in [1.165, 1.54) is 45.3 Å². The highest BCUT2D eigenvalue weighted by atomic mass is 15.2. The van der Waals surface area contributed by atoms with Gasteiger partial charge in [0.25, 0.3) is 0 Å². The van der Waals surface area contributed by atoms with E-state index in [0.29, 0.717) is 5.82 Å². The van der Waals surface area contributed by atoms with E-state index in [4.69, 9.17) is 5.73 Å². The summed E-state index contributed by atoms with van der Waals surface area (Å²) >= 11 is 0. The molecule has 2 fully saturated rings. The maximum atomic E-state index is 5.89. The van der Waals surface area contributed by atoms with E-state index in [9.17, 15) is 0 Å². The highest BCUT2D eigenvalue weighted by Gasteiger charge is 2.23. The molecule has 0 amide bonds. The van der Waals surface area contributed by atoms with E-state index in [2.05, 4.69) is 26.7 Å². The summed E-state index contributed by atoms with van der Waals surface area (Å²) in [5, 5.41) is 0. The molecule has 0 atom stereocenters. The molecule has 0 aliphatic carbocycles. The molecule has 0 radical (unpaired) electrons. The quantitative estimate of drug-likeness (QED) is 0.918. The first-order valence-electron chi connectivity index (χ1n) is 8.35. The highest BCUT2D eigenvalue weighted by Crippen LogP contribution is 2.24. The highest BCUT2D eigenvalue weighted by molar-refractivity contribution is 5.47. The van der Waals surface area contributed by atoms with Gasteiger partial charge >= 0.3 is 0 Å². The van der Waals surface area contributed by atoms with Crippen LogP contribution in [0.5, 0.6) is 0 Å². The summed E-state index contributed by atoms with van der Waals surface area (Å²) in [6.45, 7) is 8.17. The van der Waals surface area contributed by atoms with Crippen LogP contribution in [0.4, 0.5) is 11.6 Å². The molecular weight excluding hydrogens is 262 g/mol. The minimum Gasteiger partial charge on any atom is -0.384 e. The van der Waals surface area contributed by atoms with Gasteiger partial charge in [0.1, 0.15) is 17.5 Å². The predicted octanol–water partition coefficient (Wildman–Crippen LogP) is 1.93. The zero-order chi connectivity index (χ0) is 14.7. The molecule has 21 heavy (non-hydrogen) atoms. The Morgan fingerprint density at radius 3 is 2.52 bits per heavy atom. The van der Waals surface area contributed by atoms with Gasteiger partial charge in [-0.1, -0.05) is 6.92 Å². The van der Waals surface area contributed by atoms with Gasteiger partial charge in [0, 0.05) is 32.1 Å². The molecule has 2 aliphatic rings. The van der Waals surface area contributed by atoms with E-state index in [1.807, 2.05) is 6.07 Å². The number of nitrogen functional groups attached to an aromatic ring is 1. The number of hydrogen-bond acceptors (Lipinski definition) is 5. The molecule has 116 valence electrons. The third kappa shape index (κ3) is 3.64. The van der Waals surface area contributed by atoms with Crippen LogP contribution in [-0.4, -0.2) is 47.6 Å². The third-order valence-corrected chi connectivity index (χ3v) is 4.75. The summed E-state index contributed by atoms with van der Waals surface area (Å²) in [5.41, 5.74) is 5.89. The molecule has 5 nitrogen and oxygen atoms in total. The number of hydrogen-bond donors (Lipinski definition) is 1. The maximum Gasteiger partial charge on any atom is 0.134 e. The minimum absolute atomic E-state index is 0.594. The predicted molar refractivity (Wildman–Crippen MR) is 86.4 cm³/mol. The van der Waals surface area contributed by atoms with Crippen molar-refractivity contribution in [3.8, 4) is 0 Å². The summed E-state index contributed by atoms with van der Waals surface area (Å²) in [6, 6.07) is 1.92. The Labute approximate surface area is 127 Å². The molecular formula is C16H27N5. The maximum absolute atomic E-state index is 5.89. The van der Waals surface area contributed by atoms with Crippen molar-refractivity contribution in [2.75, 3.05) is 43.4 Å². The van der Waals surface area contributed by atoms with Crippen LogP contribution in [0, 0.1) is 5.92 Å². The second-order valence-electron chi connectivity index (χ2n) is 6.36. The van der Waals surface area contributed by atoms with E-state index in [0.717, 1.165) is 37.1 Å². The van der Waals surface area contributed by atoms with Crippen molar-refractivity contribution in [1.29, 1.82) is 0 Å². The van der Waals surface area contributed by atoms with Crippen molar-refractivity contribution in [2.24, 2.45) is 5.92 Å². The zero-order valence-electron chi connectivity index (χ0n) is 13.1. The number of nitrogens with zero attached hydrogens (tertiary/aromatic N) is 4. The molecule has 5 heteroatoms. The zero-order valence-corrected chi connectivity index (χ0v) is 13.1. The molecule has 0 bridgehead atoms. The van der Waals surface area contributed by atoms with Crippen molar-refractivity contribution in [1.82, 2.24) is 14.9 Å². The molecule has 3 rings (SSSR count). The number of rotatable bonds is 4. The fraction of sp³-hybridized carbons (Fsp3) is 0.750. The number of anilines is 2. The first-order chi connectivity index (χ1) is 10.2. The topological polar surface area (TPSA) is 58.3 Å². The number of piperidine rings is 1. The van der Waals surface area contributed by atoms with Crippen LogP contribution in [0.1, 0.15) is 38.4 Å². The number of aromatic nitrogens is 2. The van der Waals surface area contributed by atoms with Gasteiger partial charge in [-0.2, -0.15) is 0 Å². The van der Waals surface area contributed by atoms with Crippen LogP contribution in [0.2, 0.25) is 0 Å². The standard InChI is InChI=1S/C16H27N5/c1-2-15-18-14(17)11-16(19-15)21-9-5-13(6-10-21)12-20-7-3-4-8-20/h11,13H,2-10,12H2,1H3,(H2,17,18,19). The average Bonchev–Trinajstić information content (AvgIpc) is 3.00. The van der Waals surface area contributed by atoms with Gasteiger partial charge in [0.15, 0.2) is 0 Å². The van der Waals surface area contributed by atoms with Crippen molar-refractivity contribution in [2.45, 2.75) is 39.0 Å². The Bertz CT molecular complexity index is 462. The Kier molecular flexibility index (Phi) is 4.58. The smallest absolute Gasteiger partial charge is 0.134 e. The fourth-order valence-electron chi connectivity index (χ4n) is 3.50. The Morgan fingerprint density at radius 1 is 1.14 bits per heavy atom. The van der Waals surface area contributed by atoms with Crippen LogP contribution in [0.25, 0.3) is 0 Å². The summed E-state index contributed by atoms with van der Waals surface area (Å²) in [6.07, 6.45) is 6.14. The Morgan fingerprint density at radius 2 is 1.86 bits per heavy atom. The second-order valence-corrected chi connectivity index (χ2v) is 6.36. The Balaban J connectivity index is 1.56. The van der Waals surface area contributed by atoms with Crippen molar-refractivity contribution >= 4 is 11.6 Å². The summed E-state index contributed by atoms with van der Waals surface area (Å²) in [4.78, 5) is 13.9. The summed E-state index contributed by atoms with van der Waals surface area (Å²) in [5.74, 6) is 3.31. The first-order valence-corrected chi connectivity index (χ1v) is 8.35. The lowest BCUT2D eigenvalue weighted by atomic mass is 9.96. The van der Waals surface area contributed by atoms with Crippen LogP contribution in [0.15, 0.2) is 6.07 Å². The fourth-order valence-corrected chi connectivity index (χ4v) is 3.50. The summed E-state index contributed by atoms with van der Waals surface area (Å²) in [7, 11) is 0. The van der Waals surface area contributed by atoms with Gasteiger partial charge in [-0.15, -0.1) is 0 Å². The first kappa shape index (κ1) is 14.6. The number of nitrogens with two attached hydrogens (primary N) is 1. The van der Waals surface area contributed by atoms with E-state index < -0.39 is 0 Å². The van der Waals surface area contributed by atoms with E-state index >= 15 is 0 Å². The number of aryl methyl sites for hydroxylation is 1. The monoisotopic (exact) mass is 289 g/mol. The van der Waals surface area contributed by atoms with Gasteiger partial charge in [0.2, 0.25) is 0 Å². The third-order valence-electron chi connectivity index (χ3n) is 4.75. The van der Waals surface area contributed by atoms with E-state index in [1.54, 1.807) is 0 Å². The normalized spacial score (nSPS) is 21.1. The van der Waals surface area contributed by atoms with Crippen LogP contribution < -0.4 is 10.6 Å². The lowest BCUT2D eigenvalue weighted by Gasteiger charge is -2.34. The molecule has 0 saturated carbocycles.